The van der Waals surface area contributed by atoms with Crippen molar-refractivity contribution in [3.8, 4) is 34.2 Å². The average Bonchev–Trinajstić information content (AvgIpc) is 3.82. The van der Waals surface area contributed by atoms with Crippen molar-refractivity contribution in [2.24, 2.45) is 5.92 Å². The number of carbonyl (C=O) groups excluding carboxylic acids is 6. The standard InChI is InChI=1S/C52H57F2N11O13S2/c1-28-46(70)45(41(24-66)78-50(28)73)64-48(72)40(63-43(68)8-7-42(67)60-22-34-15-30(9-11-57-34)47(71)61-23-44(69)65-27-52(53,54)18-35(65)19-55)26-80-79-14-13-76-51(74)77-25-33-5-3-31(20-59-33)36-10-12-58-39-6-4-29(16-37(36)39)32-17-38(56)49(75-2)62-21-32/h3-6,9-12,15-17,20-21,28,35,40-41,45-46,50,66,70,73H,7-8,13-14,18,22-27,56H2,1-2H3,(H,60,67)(H,61,71)(H,63,68)(H,64,72)/t28-,35-,40?,41-,45-,46-,50?/m0/s1. The summed E-state index contributed by atoms with van der Waals surface area (Å²) in [6.45, 7) is -1.21. The Hall–Kier alpha value is -7.81. The molecule has 0 spiro atoms. The number of aromatic nitrogens is 4. The van der Waals surface area contributed by atoms with Crippen molar-refractivity contribution < 1.29 is 71.8 Å². The number of halogens is 2. The molecule has 5 amide bonds. The molecular formula is C52H57F2N11O13S2. The number of likely N-dealkylation sites (tertiary alicyclic amines) is 1. The number of nitrogens with one attached hydrogen (secondary N) is 4. The van der Waals surface area contributed by atoms with Gasteiger partial charge in [0.25, 0.3) is 11.8 Å². The number of fused-ring (bicyclic) bond motifs is 1. The number of alkyl halides is 2. The zero-order valence-electron chi connectivity index (χ0n) is 43.1. The molecule has 0 bridgehead atoms. The van der Waals surface area contributed by atoms with E-state index in [4.69, 9.17) is 29.9 Å². The molecule has 2 aliphatic heterocycles. The highest BCUT2D eigenvalue weighted by Gasteiger charge is 2.47. The number of pyridine rings is 4. The summed E-state index contributed by atoms with van der Waals surface area (Å²) >= 11 is 0. The fraction of sp³-hybridized carbons (Fsp3) is 0.404. The number of nitrogens with two attached hydrogens (primary N) is 1. The Labute approximate surface area is 464 Å². The van der Waals surface area contributed by atoms with Crippen LogP contribution in [0.2, 0.25) is 0 Å². The maximum absolute atomic E-state index is 13.8. The zero-order chi connectivity index (χ0) is 57.5. The van der Waals surface area contributed by atoms with Gasteiger partial charge in [-0.25, -0.2) is 18.6 Å². The normalized spacial score (nSPS) is 19.7. The minimum atomic E-state index is -3.22. The zero-order valence-corrected chi connectivity index (χ0v) is 44.7. The van der Waals surface area contributed by atoms with Crippen molar-refractivity contribution >= 4 is 73.9 Å². The van der Waals surface area contributed by atoms with Crippen molar-refractivity contribution in [3.63, 3.8) is 0 Å². The summed E-state index contributed by atoms with van der Waals surface area (Å²) in [4.78, 5) is 95.7. The van der Waals surface area contributed by atoms with Gasteiger partial charge in [0, 0.05) is 83.6 Å². The van der Waals surface area contributed by atoms with Gasteiger partial charge in [-0.05, 0) is 53.6 Å². The van der Waals surface area contributed by atoms with Gasteiger partial charge >= 0.3 is 6.16 Å². The third-order valence-corrected chi connectivity index (χ3v) is 15.2. The molecule has 7 rings (SSSR count). The summed E-state index contributed by atoms with van der Waals surface area (Å²) in [5, 5.41) is 51.1. The van der Waals surface area contributed by atoms with E-state index in [1.54, 1.807) is 36.8 Å². The van der Waals surface area contributed by atoms with Crippen LogP contribution in [0.25, 0.3) is 33.2 Å². The van der Waals surface area contributed by atoms with Crippen LogP contribution in [0.5, 0.6) is 5.88 Å². The molecule has 2 fully saturated rings. The summed E-state index contributed by atoms with van der Waals surface area (Å²) in [5.74, 6) is -7.25. The number of aliphatic hydroxyl groups excluding tert-OH is 3. The first kappa shape index (κ1) is 59.8. The molecule has 28 heteroatoms. The maximum Gasteiger partial charge on any atom is 0.508 e. The van der Waals surface area contributed by atoms with Crippen molar-refractivity contribution in [3.05, 3.63) is 96.3 Å². The van der Waals surface area contributed by atoms with Gasteiger partial charge in [-0.1, -0.05) is 40.6 Å². The number of anilines is 1. The Kier molecular flexibility index (Phi) is 20.8. The Bertz CT molecular complexity index is 3090. The number of carbonyl (C=O) groups is 6. The summed E-state index contributed by atoms with van der Waals surface area (Å²) in [6, 6.07) is 13.6. The molecule has 24 nitrogen and oxygen atoms in total. The van der Waals surface area contributed by atoms with E-state index >= 15 is 0 Å². The second kappa shape index (κ2) is 27.9. The minimum absolute atomic E-state index is 0.0368. The molecule has 6 heterocycles. The summed E-state index contributed by atoms with van der Waals surface area (Å²) in [7, 11) is 3.83. The lowest BCUT2D eigenvalue weighted by Crippen LogP contribution is -2.64. The number of aliphatic hydroxyl groups is 3. The van der Waals surface area contributed by atoms with E-state index < -0.39 is 110 Å². The molecule has 2 unspecified atom stereocenters. The first-order chi connectivity index (χ1) is 38.4. The molecule has 80 heavy (non-hydrogen) atoms. The van der Waals surface area contributed by atoms with Gasteiger partial charge in [-0.15, -0.1) is 0 Å². The van der Waals surface area contributed by atoms with E-state index in [1.165, 1.54) is 43.2 Å². The number of nitrogen functional groups attached to an aromatic ring is 1. The molecule has 0 saturated carbocycles. The minimum Gasteiger partial charge on any atom is -0.480 e. The highest BCUT2D eigenvalue weighted by molar-refractivity contribution is 8.76. The Balaban J connectivity index is 0.856. The molecule has 424 valence electrons. The third kappa shape index (κ3) is 15.9. The molecule has 2 saturated heterocycles. The van der Waals surface area contributed by atoms with Gasteiger partial charge in [-0.3, -0.25) is 38.9 Å². The number of hydrogen-bond acceptors (Lipinski definition) is 21. The molecule has 1 aromatic carbocycles. The highest BCUT2D eigenvalue weighted by Crippen LogP contribution is 2.34. The lowest BCUT2D eigenvalue weighted by atomic mass is 9.90. The molecule has 7 atom stereocenters. The van der Waals surface area contributed by atoms with E-state index in [9.17, 15) is 52.9 Å². The molecule has 9 N–H and O–H groups in total. The van der Waals surface area contributed by atoms with Crippen molar-refractivity contribution in [2.45, 2.75) is 81.9 Å². The second-order valence-electron chi connectivity index (χ2n) is 18.4. The number of nitriles is 1. The van der Waals surface area contributed by atoms with Crippen LogP contribution in [0, 0.1) is 17.2 Å². The predicted molar refractivity (Wildman–Crippen MR) is 286 cm³/mol. The highest BCUT2D eigenvalue weighted by atomic mass is 33.1. The number of amides is 5. The van der Waals surface area contributed by atoms with Crippen LogP contribution in [0.3, 0.4) is 0 Å². The van der Waals surface area contributed by atoms with Gasteiger partial charge in [0.05, 0.1) is 74.2 Å². The van der Waals surface area contributed by atoms with Crippen molar-refractivity contribution in [2.75, 3.05) is 50.7 Å². The van der Waals surface area contributed by atoms with Crippen LogP contribution in [0.1, 0.15) is 47.9 Å². The fourth-order valence-electron chi connectivity index (χ4n) is 8.48. The van der Waals surface area contributed by atoms with Crippen LogP contribution in [-0.2, 0) is 46.5 Å². The topological polar surface area (TPSA) is 353 Å². The third-order valence-electron chi connectivity index (χ3n) is 12.8. The Morgan fingerprint density at radius 1 is 0.925 bits per heavy atom. The van der Waals surface area contributed by atoms with Gasteiger partial charge in [-0.2, -0.15) is 5.26 Å². The molecular weight excluding hydrogens is 1090 g/mol. The van der Waals surface area contributed by atoms with Crippen LogP contribution in [0.15, 0.2) is 79.4 Å². The predicted octanol–water partition coefficient (Wildman–Crippen LogP) is 2.64. The average molecular weight is 1150 g/mol. The van der Waals surface area contributed by atoms with Crippen LogP contribution < -0.4 is 31.7 Å². The van der Waals surface area contributed by atoms with E-state index in [-0.39, 0.29) is 55.4 Å². The lowest BCUT2D eigenvalue weighted by Gasteiger charge is -2.41. The quantitative estimate of drug-likeness (QED) is 0.0265. The van der Waals surface area contributed by atoms with Crippen LogP contribution in [-0.4, -0.2) is 163 Å². The fourth-order valence-corrected chi connectivity index (χ4v) is 10.5. The molecule has 0 aliphatic carbocycles. The van der Waals surface area contributed by atoms with Gasteiger partial charge in [0.2, 0.25) is 29.5 Å². The molecule has 5 aromatic rings. The first-order valence-corrected chi connectivity index (χ1v) is 27.3. The second-order valence-corrected chi connectivity index (χ2v) is 21.0. The monoisotopic (exact) mass is 1150 g/mol. The van der Waals surface area contributed by atoms with Crippen molar-refractivity contribution in [1.29, 1.82) is 5.26 Å². The number of ether oxygens (including phenoxy) is 4. The van der Waals surface area contributed by atoms with E-state index in [2.05, 4.69) is 41.2 Å². The maximum atomic E-state index is 13.8. The summed E-state index contributed by atoms with van der Waals surface area (Å²) < 4.78 is 48.7. The van der Waals surface area contributed by atoms with Gasteiger partial charge in [0.1, 0.15) is 31.4 Å². The number of rotatable bonds is 23. The number of nitrogens with zero attached hydrogens (tertiary/aromatic N) is 6. The lowest BCUT2D eigenvalue weighted by molar-refractivity contribution is -0.238. The van der Waals surface area contributed by atoms with E-state index in [0.717, 1.165) is 44.0 Å². The molecule has 4 aromatic heterocycles. The Morgan fingerprint density at radius 3 is 2.42 bits per heavy atom. The SMILES string of the molecule is COc1ncc(-c2ccc3nccc(-c4ccc(COC(=O)OCCSSCC(NC(=O)CCC(=O)NCc5cc(C(=O)NCC(=O)N6CC(F)(F)C[C@H]6C#N)ccn5)C(=O)N[C@@H]5[C@@H](O)[C@H](C)C(O)O[C@H]5CO)nc4)c3c2)cc1N. The van der Waals surface area contributed by atoms with Gasteiger partial charge in [0.15, 0.2) is 6.29 Å². The smallest absolute Gasteiger partial charge is 0.480 e. The van der Waals surface area contributed by atoms with Crippen molar-refractivity contribution in [1.82, 2.24) is 46.1 Å². The number of benzene rings is 1. The van der Waals surface area contributed by atoms with E-state index in [0.29, 0.717) is 22.2 Å². The van der Waals surface area contributed by atoms with Crippen LogP contribution in [0.4, 0.5) is 19.3 Å². The largest absolute Gasteiger partial charge is 0.508 e. The number of methoxy groups -OCH3 is 1. The molecule has 0 radical (unpaired) electrons. The number of hydrogen-bond donors (Lipinski definition) is 8. The van der Waals surface area contributed by atoms with E-state index in [1.807, 2.05) is 30.3 Å². The Morgan fingerprint density at radius 2 is 1.69 bits per heavy atom. The molecule has 2 aliphatic rings. The first-order valence-electron chi connectivity index (χ1n) is 24.8. The summed E-state index contributed by atoms with van der Waals surface area (Å²) in [6.07, 6.45) is -0.122. The van der Waals surface area contributed by atoms with Crippen LogP contribution >= 0.6 is 21.6 Å². The van der Waals surface area contributed by atoms with Gasteiger partial charge < -0.3 is 66.2 Å². The summed E-state index contributed by atoms with van der Waals surface area (Å²) in [5.41, 5.74) is 11.3.